The average Bonchev–Trinajstić information content (AvgIpc) is 2.97. The van der Waals surface area contributed by atoms with Crippen molar-refractivity contribution in [2.45, 2.75) is 58.0 Å². The number of carbonyl (C=O) groups is 4. The first kappa shape index (κ1) is 35.4. The molecular weight excluding hydrogens is 621 g/mol. The molecule has 1 saturated heterocycles. The number of alkyl halides is 3. The van der Waals surface area contributed by atoms with Gasteiger partial charge in [-0.25, -0.2) is 9.59 Å². The van der Waals surface area contributed by atoms with Crippen molar-refractivity contribution >= 4 is 41.3 Å². The van der Waals surface area contributed by atoms with Crippen molar-refractivity contribution < 1.29 is 46.9 Å². The summed E-state index contributed by atoms with van der Waals surface area (Å²) in [6, 6.07) is 9.37. The molecule has 1 aliphatic rings. The summed E-state index contributed by atoms with van der Waals surface area (Å²) >= 11 is 6.22. The fourth-order valence-corrected chi connectivity index (χ4v) is 4.76. The molecule has 1 unspecified atom stereocenters. The highest BCUT2D eigenvalue weighted by Gasteiger charge is 2.44. The monoisotopic (exact) mass is 656 g/mol. The van der Waals surface area contributed by atoms with E-state index < -0.39 is 66.0 Å². The van der Waals surface area contributed by atoms with Gasteiger partial charge in [-0.15, -0.1) is 0 Å². The van der Waals surface area contributed by atoms with E-state index in [9.17, 15) is 37.5 Å². The van der Waals surface area contributed by atoms with E-state index in [2.05, 4.69) is 16.0 Å². The highest BCUT2D eigenvalue weighted by molar-refractivity contribution is 6.31. The van der Waals surface area contributed by atoms with E-state index in [-0.39, 0.29) is 38.2 Å². The minimum atomic E-state index is -4.54. The van der Waals surface area contributed by atoms with Gasteiger partial charge in [-0.2, -0.15) is 13.2 Å². The van der Waals surface area contributed by atoms with Crippen LogP contribution in [0.4, 0.5) is 28.4 Å². The van der Waals surface area contributed by atoms with Crippen molar-refractivity contribution in [2.75, 3.05) is 31.6 Å². The Morgan fingerprint density at radius 3 is 2.18 bits per heavy atom. The zero-order valence-electron chi connectivity index (χ0n) is 25.0. The van der Waals surface area contributed by atoms with E-state index in [1.807, 2.05) is 0 Å². The lowest BCUT2D eigenvalue weighted by Gasteiger charge is -2.41. The summed E-state index contributed by atoms with van der Waals surface area (Å²) in [5, 5.41) is 17.7. The number of amides is 4. The number of alkyl carbamates (subject to hydrolysis) is 1. The number of likely N-dealkylation sites (tertiary alicyclic amines) is 1. The molecule has 0 aromatic heterocycles. The van der Waals surface area contributed by atoms with Crippen LogP contribution in [0, 0.1) is 5.41 Å². The summed E-state index contributed by atoms with van der Waals surface area (Å²) in [4.78, 5) is 52.8. The topological polar surface area (TPSA) is 146 Å². The third kappa shape index (κ3) is 10.2. The number of halogens is 4. The molecule has 0 aliphatic carbocycles. The van der Waals surface area contributed by atoms with E-state index in [0.717, 1.165) is 24.3 Å². The second kappa shape index (κ2) is 14.8. The smallest absolute Gasteiger partial charge is 0.416 e. The predicted molar refractivity (Wildman–Crippen MR) is 158 cm³/mol. The molecule has 2 aromatic rings. The standard InChI is InChI=1S/C30H36ClF3N4O7/c1-28(2,3)45-27(43)37-23(17-39)24(40)38-14-12-29(13-15-38,25(41)35-16-19-6-4-5-7-22(19)31)18-44-26(42)36-21-10-8-20(9-11-21)30(32,33)34/h4-11,23,39H,12-18H2,1-3H3,(H,35,41)(H,36,42)(H,37,43). The van der Waals surface area contributed by atoms with Gasteiger partial charge in [0, 0.05) is 30.3 Å². The minimum Gasteiger partial charge on any atom is -0.448 e. The van der Waals surface area contributed by atoms with Crippen molar-refractivity contribution in [3.63, 3.8) is 0 Å². The molecule has 45 heavy (non-hydrogen) atoms. The van der Waals surface area contributed by atoms with Crippen LogP contribution in [-0.4, -0.2) is 72.0 Å². The number of piperidine rings is 1. The molecule has 0 radical (unpaired) electrons. The Kier molecular flexibility index (Phi) is 11.7. The van der Waals surface area contributed by atoms with Crippen LogP contribution in [0.5, 0.6) is 0 Å². The molecule has 4 amide bonds. The Bertz CT molecular complexity index is 1360. The first-order valence-corrected chi connectivity index (χ1v) is 14.4. The zero-order valence-corrected chi connectivity index (χ0v) is 25.8. The van der Waals surface area contributed by atoms with Gasteiger partial charge >= 0.3 is 18.4 Å². The maximum absolute atomic E-state index is 13.6. The van der Waals surface area contributed by atoms with Crippen LogP contribution >= 0.6 is 11.6 Å². The Balaban J connectivity index is 1.69. The number of benzene rings is 2. The molecule has 246 valence electrons. The number of hydrogen-bond donors (Lipinski definition) is 4. The van der Waals surface area contributed by atoms with E-state index in [0.29, 0.717) is 10.6 Å². The molecule has 11 nitrogen and oxygen atoms in total. The van der Waals surface area contributed by atoms with Gasteiger partial charge < -0.3 is 30.1 Å². The molecule has 1 heterocycles. The van der Waals surface area contributed by atoms with Crippen molar-refractivity contribution in [1.82, 2.24) is 15.5 Å². The molecule has 4 N–H and O–H groups in total. The number of aliphatic hydroxyl groups excluding tert-OH is 1. The first-order chi connectivity index (χ1) is 21.0. The van der Waals surface area contributed by atoms with Crippen LogP contribution in [0.1, 0.15) is 44.7 Å². The number of nitrogens with one attached hydrogen (secondary N) is 3. The molecule has 1 fully saturated rings. The quantitative estimate of drug-likeness (QED) is 0.306. The highest BCUT2D eigenvalue weighted by Crippen LogP contribution is 2.34. The van der Waals surface area contributed by atoms with Gasteiger partial charge in [0.15, 0.2) is 0 Å². The highest BCUT2D eigenvalue weighted by atomic mass is 35.5. The number of nitrogens with zero attached hydrogens (tertiary/aromatic N) is 1. The molecule has 1 atom stereocenters. The number of hydrogen-bond acceptors (Lipinski definition) is 7. The fourth-order valence-electron chi connectivity index (χ4n) is 4.55. The Hall–Kier alpha value is -4.04. The second-order valence-corrected chi connectivity index (χ2v) is 11.9. The van der Waals surface area contributed by atoms with Gasteiger partial charge in [-0.3, -0.25) is 14.9 Å². The van der Waals surface area contributed by atoms with E-state index in [1.165, 1.54) is 4.90 Å². The van der Waals surface area contributed by atoms with Crippen LogP contribution < -0.4 is 16.0 Å². The average molecular weight is 657 g/mol. The molecule has 0 bridgehead atoms. The normalized spacial score (nSPS) is 15.4. The van der Waals surface area contributed by atoms with E-state index >= 15 is 0 Å². The lowest BCUT2D eigenvalue weighted by molar-refractivity contribution is -0.144. The summed E-state index contributed by atoms with van der Waals surface area (Å²) < 4.78 is 49.1. The number of ether oxygens (including phenoxy) is 2. The van der Waals surface area contributed by atoms with Gasteiger partial charge in [0.05, 0.1) is 17.6 Å². The number of aliphatic hydroxyl groups is 1. The fraction of sp³-hybridized carbons (Fsp3) is 0.467. The van der Waals surface area contributed by atoms with Crippen LogP contribution in [0.3, 0.4) is 0 Å². The largest absolute Gasteiger partial charge is 0.448 e. The van der Waals surface area contributed by atoms with Crippen molar-refractivity contribution in [2.24, 2.45) is 5.41 Å². The summed E-state index contributed by atoms with van der Waals surface area (Å²) in [5.41, 5.74) is -2.30. The van der Waals surface area contributed by atoms with E-state index in [1.54, 1.807) is 45.0 Å². The van der Waals surface area contributed by atoms with Gasteiger partial charge in [0.2, 0.25) is 11.8 Å². The maximum Gasteiger partial charge on any atom is 0.416 e. The van der Waals surface area contributed by atoms with Gasteiger partial charge in [-0.05, 0) is 69.5 Å². The van der Waals surface area contributed by atoms with Crippen molar-refractivity contribution in [3.8, 4) is 0 Å². The Morgan fingerprint density at radius 1 is 1.00 bits per heavy atom. The summed E-state index contributed by atoms with van der Waals surface area (Å²) in [6.45, 7) is 3.97. The molecule has 2 aromatic carbocycles. The Morgan fingerprint density at radius 2 is 1.62 bits per heavy atom. The molecule has 1 aliphatic heterocycles. The lowest BCUT2D eigenvalue weighted by atomic mass is 9.78. The van der Waals surface area contributed by atoms with Crippen molar-refractivity contribution in [3.05, 3.63) is 64.7 Å². The third-order valence-electron chi connectivity index (χ3n) is 7.02. The van der Waals surface area contributed by atoms with Crippen LogP contribution in [-0.2, 0) is 31.8 Å². The summed E-state index contributed by atoms with van der Waals surface area (Å²) in [6.07, 6.45) is -6.32. The summed E-state index contributed by atoms with van der Waals surface area (Å²) in [5.74, 6) is -1.06. The molecule has 0 saturated carbocycles. The predicted octanol–water partition coefficient (Wildman–Crippen LogP) is 4.72. The van der Waals surface area contributed by atoms with Gasteiger partial charge in [0.1, 0.15) is 18.2 Å². The molecule has 3 rings (SSSR count). The van der Waals surface area contributed by atoms with Gasteiger partial charge in [0.25, 0.3) is 0 Å². The second-order valence-electron chi connectivity index (χ2n) is 11.5. The number of anilines is 1. The van der Waals surface area contributed by atoms with Crippen LogP contribution in [0.15, 0.2) is 48.5 Å². The molecule has 0 spiro atoms. The lowest BCUT2D eigenvalue weighted by Crippen LogP contribution is -2.57. The SMILES string of the molecule is CC(C)(C)OC(=O)NC(CO)C(=O)N1CCC(COC(=O)Nc2ccc(C(F)(F)F)cc2)(C(=O)NCc2ccccc2Cl)CC1. The first-order valence-electron chi connectivity index (χ1n) is 14.0. The summed E-state index contributed by atoms with van der Waals surface area (Å²) in [7, 11) is 0. The molecule has 15 heteroatoms. The maximum atomic E-state index is 13.6. The third-order valence-corrected chi connectivity index (χ3v) is 7.39. The van der Waals surface area contributed by atoms with E-state index in [4.69, 9.17) is 21.1 Å². The molecular formula is C30H36ClF3N4O7. The number of carbonyl (C=O) groups excluding carboxylic acids is 4. The Labute approximate surface area is 263 Å². The van der Waals surface area contributed by atoms with Crippen LogP contribution in [0.25, 0.3) is 0 Å². The van der Waals surface area contributed by atoms with Crippen molar-refractivity contribution in [1.29, 1.82) is 0 Å². The minimum absolute atomic E-state index is 0.0225. The zero-order chi connectivity index (χ0) is 33.4. The van der Waals surface area contributed by atoms with Crippen LogP contribution in [0.2, 0.25) is 5.02 Å². The van der Waals surface area contributed by atoms with Gasteiger partial charge in [-0.1, -0.05) is 29.8 Å². The number of rotatable bonds is 9.